The molecule has 3 N–H and O–H groups in total. The van der Waals surface area contributed by atoms with Crippen LogP contribution in [0.1, 0.15) is 29.7 Å². The van der Waals surface area contributed by atoms with Gasteiger partial charge in [-0.05, 0) is 50.2 Å². The molecule has 0 bridgehead atoms. The summed E-state index contributed by atoms with van der Waals surface area (Å²) < 4.78 is 74.1. The van der Waals surface area contributed by atoms with Gasteiger partial charge in [0.25, 0.3) is 5.91 Å². The average Bonchev–Trinajstić information content (AvgIpc) is 3.29. The summed E-state index contributed by atoms with van der Waals surface area (Å²) in [5.41, 5.74) is 1.53. The lowest BCUT2D eigenvalue weighted by molar-refractivity contribution is -0.137. The molecule has 4 rings (SSSR count). The molecule has 1 amide bonds. The number of carbonyl (C=O) groups is 1. The zero-order chi connectivity index (χ0) is 32.4. The van der Waals surface area contributed by atoms with E-state index >= 15 is 0 Å². The summed E-state index contributed by atoms with van der Waals surface area (Å²) in [4.78, 5) is 22.9. The molecule has 11 nitrogen and oxygen atoms in total. The number of aromatic nitrogens is 2. The first-order valence-corrected chi connectivity index (χ1v) is 15.8. The van der Waals surface area contributed by atoms with Crippen LogP contribution < -0.4 is 16.0 Å². The van der Waals surface area contributed by atoms with E-state index in [4.69, 9.17) is 4.74 Å². The number of likely N-dealkylation sites (N-methyl/N-ethyl adjacent to an activating group) is 2. The van der Waals surface area contributed by atoms with Gasteiger partial charge in [0.2, 0.25) is 16.0 Å². The van der Waals surface area contributed by atoms with Gasteiger partial charge < -0.3 is 25.6 Å². The number of fused-ring (bicyclic) bond motifs is 1. The van der Waals surface area contributed by atoms with Crippen molar-refractivity contribution in [1.82, 2.24) is 24.5 Å². The standard InChI is InChI=1S/C29H38F3N7O4S/c1-17-13-22(24(43-5)15-20(17)27(40)33-11-12-38(2)3)36-28-34-16-21(29(30,31)32)26(37-28)35-23-14-18-9-7-8-10-19(18)25(23)39(4)44(6,41)42/h7-10,13,15-16,22-25H,11-12,14H2,1-6H3,(H,33,40)(H2,34,35,36,37)/t22?,23-,24?,25-/m1/s1. The molecule has 2 aliphatic carbocycles. The summed E-state index contributed by atoms with van der Waals surface area (Å²) in [5.74, 6) is -0.848. The van der Waals surface area contributed by atoms with Crippen LogP contribution in [0.5, 0.6) is 0 Å². The summed E-state index contributed by atoms with van der Waals surface area (Å²) in [6.45, 7) is 2.88. The molecule has 0 radical (unpaired) electrons. The third kappa shape index (κ3) is 7.57. The van der Waals surface area contributed by atoms with Gasteiger partial charge in [-0.1, -0.05) is 30.3 Å². The van der Waals surface area contributed by atoms with Crippen molar-refractivity contribution in [2.75, 3.05) is 58.2 Å². The maximum Gasteiger partial charge on any atom is 0.421 e. The van der Waals surface area contributed by atoms with E-state index < -0.39 is 51.8 Å². The predicted molar refractivity (Wildman–Crippen MR) is 162 cm³/mol. The second-order valence-electron chi connectivity index (χ2n) is 11.2. The molecular formula is C29H38F3N7O4S. The number of carbonyl (C=O) groups excluding carboxylic acids is 1. The Labute approximate surface area is 255 Å². The molecule has 1 heterocycles. The van der Waals surface area contributed by atoms with E-state index in [-0.39, 0.29) is 18.3 Å². The van der Waals surface area contributed by atoms with Gasteiger partial charge in [-0.15, -0.1) is 0 Å². The second kappa shape index (κ2) is 13.2. The Morgan fingerprint density at radius 3 is 2.48 bits per heavy atom. The van der Waals surface area contributed by atoms with Crippen LogP contribution >= 0.6 is 0 Å². The first-order valence-electron chi connectivity index (χ1n) is 13.9. The molecule has 0 saturated carbocycles. The Kier molecular flexibility index (Phi) is 10.0. The monoisotopic (exact) mass is 637 g/mol. The van der Waals surface area contributed by atoms with Crippen molar-refractivity contribution in [2.24, 2.45) is 0 Å². The fourth-order valence-electron chi connectivity index (χ4n) is 5.39. The summed E-state index contributed by atoms with van der Waals surface area (Å²) >= 11 is 0. The number of halogens is 3. The zero-order valence-electron chi connectivity index (χ0n) is 25.4. The van der Waals surface area contributed by atoms with E-state index in [0.717, 1.165) is 16.1 Å². The number of sulfonamides is 1. The number of nitrogens with zero attached hydrogens (tertiary/aromatic N) is 4. The molecule has 240 valence electrons. The van der Waals surface area contributed by atoms with Gasteiger partial charge in [-0.2, -0.15) is 22.5 Å². The predicted octanol–water partition coefficient (Wildman–Crippen LogP) is 2.82. The largest absolute Gasteiger partial charge is 0.421 e. The summed E-state index contributed by atoms with van der Waals surface area (Å²) in [7, 11) is 2.98. The van der Waals surface area contributed by atoms with Crippen molar-refractivity contribution < 1.29 is 31.1 Å². The topological polar surface area (TPSA) is 129 Å². The Hall–Kier alpha value is -3.53. The normalized spacial score (nSPS) is 22.0. The summed E-state index contributed by atoms with van der Waals surface area (Å²) in [6, 6.07) is 5.06. The van der Waals surface area contributed by atoms with Gasteiger partial charge in [0.15, 0.2) is 0 Å². The fourth-order valence-corrected chi connectivity index (χ4v) is 6.06. The Morgan fingerprint density at radius 2 is 1.84 bits per heavy atom. The van der Waals surface area contributed by atoms with E-state index in [0.29, 0.717) is 36.0 Å². The highest BCUT2D eigenvalue weighted by atomic mass is 32.2. The highest BCUT2D eigenvalue weighted by molar-refractivity contribution is 7.88. The number of nitrogens with one attached hydrogen (secondary N) is 3. The number of alkyl halides is 3. The number of amides is 1. The van der Waals surface area contributed by atoms with Crippen molar-refractivity contribution in [1.29, 1.82) is 0 Å². The SMILES string of the molecule is COC1C=C(C(=O)NCCN(C)C)C(C)=CC1Nc1ncc(C(F)(F)F)c(N[C@@H]2Cc3ccccc3[C@H]2N(C)S(C)(=O)=O)n1. The third-order valence-corrected chi connectivity index (χ3v) is 9.00. The Balaban J connectivity index is 1.61. The third-order valence-electron chi connectivity index (χ3n) is 7.72. The number of hydrogen-bond donors (Lipinski definition) is 3. The van der Waals surface area contributed by atoms with Gasteiger partial charge >= 0.3 is 6.18 Å². The number of ether oxygens (including phenoxy) is 1. The van der Waals surface area contributed by atoms with Crippen molar-refractivity contribution in [3.05, 3.63) is 70.5 Å². The number of benzene rings is 1. The molecular weight excluding hydrogens is 599 g/mol. The van der Waals surface area contributed by atoms with E-state index in [1.54, 1.807) is 37.3 Å². The molecule has 2 aliphatic rings. The molecule has 4 atom stereocenters. The Bertz CT molecular complexity index is 1550. The van der Waals surface area contributed by atoms with Crippen LogP contribution in [-0.2, 0) is 32.2 Å². The summed E-state index contributed by atoms with van der Waals surface area (Å²) in [5, 5.41) is 8.79. The highest BCUT2D eigenvalue weighted by Crippen LogP contribution is 2.40. The van der Waals surface area contributed by atoms with Gasteiger partial charge in [0, 0.05) is 39.0 Å². The maximum atomic E-state index is 14.1. The van der Waals surface area contributed by atoms with Crippen LogP contribution in [0, 0.1) is 0 Å². The second-order valence-corrected chi connectivity index (χ2v) is 13.2. The smallest absolute Gasteiger partial charge is 0.375 e. The maximum absolute atomic E-state index is 14.1. The minimum absolute atomic E-state index is 0.104. The zero-order valence-corrected chi connectivity index (χ0v) is 26.3. The quantitative estimate of drug-likeness (QED) is 0.341. The van der Waals surface area contributed by atoms with E-state index in [2.05, 4.69) is 25.9 Å². The lowest BCUT2D eigenvalue weighted by atomic mass is 9.93. The summed E-state index contributed by atoms with van der Waals surface area (Å²) in [6.07, 6.45) is 0.00121. The van der Waals surface area contributed by atoms with Crippen LogP contribution in [0.4, 0.5) is 24.9 Å². The fraction of sp³-hybridized carbons (Fsp3) is 0.483. The van der Waals surface area contributed by atoms with E-state index in [9.17, 15) is 26.4 Å². The first-order chi connectivity index (χ1) is 20.6. The van der Waals surface area contributed by atoms with Gasteiger partial charge in [0.1, 0.15) is 17.5 Å². The molecule has 1 aromatic carbocycles. The molecule has 1 aromatic heterocycles. The van der Waals surface area contributed by atoms with E-state index in [1.165, 1.54) is 14.2 Å². The van der Waals surface area contributed by atoms with E-state index in [1.807, 2.05) is 25.1 Å². The Morgan fingerprint density at radius 1 is 1.14 bits per heavy atom. The molecule has 0 aliphatic heterocycles. The first kappa shape index (κ1) is 33.4. The lowest BCUT2D eigenvalue weighted by Crippen LogP contribution is -2.40. The number of hydrogen-bond acceptors (Lipinski definition) is 9. The van der Waals surface area contributed by atoms with Crippen LogP contribution in [0.3, 0.4) is 0 Å². The minimum atomic E-state index is -4.78. The molecule has 0 fully saturated rings. The highest BCUT2D eigenvalue weighted by Gasteiger charge is 2.41. The molecule has 2 unspecified atom stereocenters. The molecule has 0 spiro atoms. The number of anilines is 2. The number of rotatable bonds is 11. The molecule has 15 heteroatoms. The number of methoxy groups -OCH3 is 1. The van der Waals surface area contributed by atoms with Crippen molar-refractivity contribution >= 4 is 27.7 Å². The van der Waals surface area contributed by atoms with Crippen LogP contribution in [0.15, 0.2) is 53.8 Å². The minimum Gasteiger partial charge on any atom is -0.375 e. The van der Waals surface area contributed by atoms with Crippen LogP contribution in [0.2, 0.25) is 0 Å². The van der Waals surface area contributed by atoms with Gasteiger partial charge in [-0.25, -0.2) is 13.4 Å². The van der Waals surface area contributed by atoms with Crippen molar-refractivity contribution in [3.63, 3.8) is 0 Å². The molecule has 2 aromatic rings. The van der Waals surface area contributed by atoms with Crippen molar-refractivity contribution in [3.8, 4) is 0 Å². The van der Waals surface area contributed by atoms with Crippen LogP contribution in [-0.4, -0.2) is 99.3 Å². The lowest BCUT2D eigenvalue weighted by Gasteiger charge is -2.30. The average molecular weight is 638 g/mol. The van der Waals surface area contributed by atoms with Crippen LogP contribution in [0.25, 0.3) is 0 Å². The van der Waals surface area contributed by atoms with Gasteiger partial charge in [0.05, 0.1) is 24.4 Å². The van der Waals surface area contributed by atoms with Gasteiger partial charge in [-0.3, -0.25) is 4.79 Å². The molecule has 44 heavy (non-hydrogen) atoms. The van der Waals surface area contributed by atoms with Crippen molar-refractivity contribution in [2.45, 2.75) is 43.8 Å². The molecule has 0 saturated heterocycles.